The second kappa shape index (κ2) is 10.4. The lowest BCUT2D eigenvalue weighted by molar-refractivity contribution is -0.179. The minimum atomic E-state index is -0.841. The fourth-order valence-electron chi connectivity index (χ4n) is 4.63. The molecule has 2 heterocycles. The van der Waals surface area contributed by atoms with Crippen LogP contribution in [0, 0.1) is 0 Å². The van der Waals surface area contributed by atoms with Crippen molar-refractivity contribution in [3.8, 4) is 0 Å². The maximum Gasteiger partial charge on any atom is 0.250 e. The molecule has 180 valence electrons. The molecule has 3 amide bonds. The number of ether oxygens (including phenoxy) is 1. The van der Waals surface area contributed by atoms with Gasteiger partial charge in [-0.25, -0.2) is 0 Å². The Labute approximate surface area is 200 Å². The molecule has 8 nitrogen and oxygen atoms in total. The van der Waals surface area contributed by atoms with Gasteiger partial charge in [-0.05, 0) is 44.9 Å². The molecule has 4 rings (SSSR count). The molecule has 2 aliphatic rings. The van der Waals surface area contributed by atoms with Crippen molar-refractivity contribution >= 4 is 17.7 Å². The summed E-state index contributed by atoms with van der Waals surface area (Å²) in [6.07, 6.45) is 0.118. The van der Waals surface area contributed by atoms with Gasteiger partial charge in [0.05, 0.1) is 18.2 Å². The number of rotatable bonds is 7. The molecule has 1 unspecified atom stereocenters. The molecular formula is C26H32N4O4. The molecule has 34 heavy (non-hydrogen) atoms. The molecule has 0 aromatic heterocycles. The van der Waals surface area contributed by atoms with Crippen LogP contribution in [0.5, 0.6) is 0 Å². The maximum atomic E-state index is 13.5. The standard InChI is InChI=1S/C26H32N4O4/c1-16(27-3)24(31)28-22-17(2)34-21-15-14-20(30(21)26(22)33)25(32)29-23(18-10-6-4-7-11-18)19-12-8-5-9-13-19/h4-13,16-17,20-23,27H,14-15H2,1-3H3,(H,28,31)(H,29,32)/t16-,17+,20?,21-,22-/m0/s1. The second-order valence-electron chi connectivity index (χ2n) is 8.89. The van der Waals surface area contributed by atoms with Crippen LogP contribution in [0.4, 0.5) is 0 Å². The molecule has 3 N–H and O–H groups in total. The summed E-state index contributed by atoms with van der Waals surface area (Å²) < 4.78 is 6.05. The molecule has 2 aromatic carbocycles. The molecule has 0 saturated carbocycles. The van der Waals surface area contributed by atoms with Crippen LogP contribution >= 0.6 is 0 Å². The quantitative estimate of drug-likeness (QED) is 0.580. The Morgan fingerprint density at radius 3 is 2.15 bits per heavy atom. The fraction of sp³-hybridized carbons (Fsp3) is 0.423. The average molecular weight is 465 g/mol. The summed E-state index contributed by atoms with van der Waals surface area (Å²) in [6.45, 7) is 3.49. The summed E-state index contributed by atoms with van der Waals surface area (Å²) in [5, 5.41) is 8.81. The average Bonchev–Trinajstić information content (AvgIpc) is 3.29. The molecule has 0 bridgehead atoms. The lowest BCUT2D eigenvalue weighted by Crippen LogP contribution is -2.65. The molecule has 5 atom stereocenters. The van der Waals surface area contributed by atoms with E-state index in [9.17, 15) is 14.4 Å². The molecule has 2 aromatic rings. The highest BCUT2D eigenvalue weighted by atomic mass is 16.5. The van der Waals surface area contributed by atoms with Gasteiger partial charge < -0.3 is 25.6 Å². The summed E-state index contributed by atoms with van der Waals surface area (Å²) in [7, 11) is 1.68. The van der Waals surface area contributed by atoms with E-state index in [2.05, 4.69) is 16.0 Å². The van der Waals surface area contributed by atoms with Crippen LogP contribution in [0.3, 0.4) is 0 Å². The predicted octanol–water partition coefficient (Wildman–Crippen LogP) is 1.72. The lowest BCUT2D eigenvalue weighted by Gasteiger charge is -2.41. The smallest absolute Gasteiger partial charge is 0.250 e. The van der Waals surface area contributed by atoms with Gasteiger partial charge in [-0.15, -0.1) is 0 Å². The SMILES string of the molecule is CN[C@@H](C)C(=O)N[C@@H]1C(=O)N2C(C(=O)NC(c3ccccc3)c3ccccc3)CC[C@@H]2O[C@@H]1C. The number of hydrogen-bond acceptors (Lipinski definition) is 5. The topological polar surface area (TPSA) is 99.8 Å². The largest absolute Gasteiger partial charge is 0.353 e. The van der Waals surface area contributed by atoms with Crippen LogP contribution in [0.15, 0.2) is 60.7 Å². The van der Waals surface area contributed by atoms with E-state index in [1.807, 2.05) is 60.7 Å². The van der Waals surface area contributed by atoms with Crippen molar-refractivity contribution in [2.24, 2.45) is 0 Å². The molecule has 0 aliphatic carbocycles. The molecule has 2 saturated heterocycles. The van der Waals surface area contributed by atoms with Crippen LogP contribution in [0.2, 0.25) is 0 Å². The van der Waals surface area contributed by atoms with Crippen molar-refractivity contribution in [2.75, 3.05) is 7.05 Å². The van der Waals surface area contributed by atoms with Gasteiger partial charge in [0.15, 0.2) is 0 Å². The van der Waals surface area contributed by atoms with E-state index in [1.54, 1.807) is 20.9 Å². The lowest BCUT2D eigenvalue weighted by atomic mass is 9.98. The summed E-state index contributed by atoms with van der Waals surface area (Å²) in [6, 6.07) is 17.2. The van der Waals surface area contributed by atoms with Crippen molar-refractivity contribution in [3.05, 3.63) is 71.8 Å². The predicted molar refractivity (Wildman–Crippen MR) is 128 cm³/mol. The minimum absolute atomic E-state index is 0.236. The van der Waals surface area contributed by atoms with Gasteiger partial charge in [-0.1, -0.05) is 60.7 Å². The summed E-state index contributed by atoms with van der Waals surface area (Å²) in [4.78, 5) is 40.9. The van der Waals surface area contributed by atoms with Crippen LogP contribution in [-0.2, 0) is 19.1 Å². The normalized spacial score (nSPS) is 25.1. The number of carbonyl (C=O) groups excluding carboxylic acids is 3. The summed E-state index contributed by atoms with van der Waals surface area (Å²) in [5.74, 6) is -0.808. The number of nitrogens with zero attached hydrogens (tertiary/aromatic N) is 1. The summed E-state index contributed by atoms with van der Waals surface area (Å²) >= 11 is 0. The number of benzene rings is 2. The van der Waals surface area contributed by atoms with Crippen molar-refractivity contribution in [3.63, 3.8) is 0 Å². The zero-order chi connectivity index (χ0) is 24.2. The van der Waals surface area contributed by atoms with Crippen LogP contribution in [0.25, 0.3) is 0 Å². The Hall–Kier alpha value is -3.23. The Kier molecular flexibility index (Phi) is 7.29. The first kappa shape index (κ1) is 23.9. The Balaban J connectivity index is 1.54. The van der Waals surface area contributed by atoms with E-state index in [-0.39, 0.29) is 23.8 Å². The first-order chi connectivity index (χ1) is 16.4. The van der Waals surface area contributed by atoms with Gasteiger partial charge in [0.2, 0.25) is 11.8 Å². The first-order valence-electron chi connectivity index (χ1n) is 11.8. The van der Waals surface area contributed by atoms with Crippen molar-refractivity contribution in [1.29, 1.82) is 0 Å². The van der Waals surface area contributed by atoms with Gasteiger partial charge >= 0.3 is 0 Å². The second-order valence-corrected chi connectivity index (χ2v) is 8.89. The highest BCUT2D eigenvalue weighted by Gasteiger charge is 2.50. The Morgan fingerprint density at radius 1 is 1.00 bits per heavy atom. The van der Waals surface area contributed by atoms with Gasteiger partial charge in [-0.2, -0.15) is 0 Å². The van der Waals surface area contributed by atoms with E-state index in [1.165, 1.54) is 4.90 Å². The van der Waals surface area contributed by atoms with Gasteiger partial charge in [0.25, 0.3) is 5.91 Å². The van der Waals surface area contributed by atoms with E-state index >= 15 is 0 Å². The minimum Gasteiger partial charge on any atom is -0.353 e. The zero-order valence-electron chi connectivity index (χ0n) is 19.7. The highest BCUT2D eigenvalue weighted by Crippen LogP contribution is 2.32. The monoisotopic (exact) mass is 464 g/mol. The van der Waals surface area contributed by atoms with Gasteiger partial charge in [0, 0.05) is 0 Å². The number of likely N-dealkylation sites (N-methyl/N-ethyl adjacent to an activating group) is 1. The fourth-order valence-corrected chi connectivity index (χ4v) is 4.63. The van der Waals surface area contributed by atoms with E-state index < -0.39 is 30.5 Å². The molecule has 0 radical (unpaired) electrons. The number of carbonyl (C=O) groups is 3. The zero-order valence-corrected chi connectivity index (χ0v) is 19.7. The third-order valence-electron chi connectivity index (χ3n) is 6.67. The van der Waals surface area contributed by atoms with Gasteiger partial charge in [-0.3, -0.25) is 14.4 Å². The van der Waals surface area contributed by atoms with Crippen molar-refractivity contribution in [2.45, 2.75) is 63.2 Å². The maximum absolute atomic E-state index is 13.5. The first-order valence-corrected chi connectivity index (χ1v) is 11.8. The van der Waals surface area contributed by atoms with Crippen LogP contribution in [-0.4, -0.2) is 60.1 Å². The number of hydrogen-bond donors (Lipinski definition) is 3. The number of amides is 3. The molecule has 2 fully saturated rings. The molecule has 0 spiro atoms. The van der Waals surface area contributed by atoms with Crippen LogP contribution in [0.1, 0.15) is 43.9 Å². The van der Waals surface area contributed by atoms with Crippen molar-refractivity contribution in [1.82, 2.24) is 20.9 Å². The molecule has 8 heteroatoms. The van der Waals surface area contributed by atoms with Crippen molar-refractivity contribution < 1.29 is 19.1 Å². The van der Waals surface area contributed by atoms with E-state index in [0.717, 1.165) is 11.1 Å². The van der Waals surface area contributed by atoms with Crippen LogP contribution < -0.4 is 16.0 Å². The Bertz CT molecular complexity index is 976. The highest BCUT2D eigenvalue weighted by molar-refractivity contribution is 5.94. The number of nitrogens with one attached hydrogen (secondary N) is 3. The van der Waals surface area contributed by atoms with Gasteiger partial charge in [0.1, 0.15) is 18.3 Å². The third kappa shape index (κ3) is 4.83. The van der Waals surface area contributed by atoms with E-state index in [0.29, 0.717) is 12.8 Å². The third-order valence-corrected chi connectivity index (χ3v) is 6.67. The molecule has 2 aliphatic heterocycles. The summed E-state index contributed by atoms with van der Waals surface area (Å²) in [5.41, 5.74) is 1.91. The molecular weight excluding hydrogens is 432 g/mol. The Morgan fingerprint density at radius 2 is 1.59 bits per heavy atom. The van der Waals surface area contributed by atoms with E-state index in [4.69, 9.17) is 4.74 Å². The number of fused-ring (bicyclic) bond motifs is 1.